The second-order valence-electron chi connectivity index (χ2n) is 6.05. The van der Waals surface area contributed by atoms with Gasteiger partial charge < -0.3 is 15.4 Å². The molecule has 4 unspecified atom stereocenters. The van der Waals surface area contributed by atoms with Crippen molar-refractivity contribution in [3.63, 3.8) is 0 Å². The maximum atomic E-state index is 12.2. The highest BCUT2D eigenvalue weighted by Crippen LogP contribution is 2.48. The van der Waals surface area contributed by atoms with E-state index in [0.717, 1.165) is 19.3 Å². The van der Waals surface area contributed by atoms with Crippen LogP contribution in [0.4, 0.5) is 0 Å². The minimum Gasteiger partial charge on any atom is -0.481 e. The molecule has 3 N–H and O–H groups in total. The van der Waals surface area contributed by atoms with E-state index in [4.69, 9.17) is 0 Å². The van der Waals surface area contributed by atoms with Gasteiger partial charge in [0, 0.05) is 17.8 Å². The molecule has 2 aliphatic carbocycles. The van der Waals surface area contributed by atoms with Crippen molar-refractivity contribution in [3.8, 4) is 0 Å². The van der Waals surface area contributed by atoms with Crippen LogP contribution in [0.3, 0.4) is 0 Å². The summed E-state index contributed by atoms with van der Waals surface area (Å²) in [5, 5.41) is 12.2. The van der Waals surface area contributed by atoms with Crippen LogP contribution >= 0.6 is 0 Å². The van der Waals surface area contributed by atoms with Crippen LogP contribution in [-0.2, 0) is 4.79 Å². The number of aliphatic carboxylic acids is 1. The molecule has 2 fully saturated rings. The first-order valence-corrected chi connectivity index (χ1v) is 7.20. The van der Waals surface area contributed by atoms with Crippen molar-refractivity contribution in [2.75, 3.05) is 0 Å². The standard InChI is InChI=1S/C15H18N2O4/c1-7(18)10-5-11(16-6-10)14(19)17-13-9-3-2-8(4-9)12(13)15(20)21/h5-6,8-9,12-13,16H,2-4H2,1H3,(H,17,19)(H,20,21). The first-order valence-electron chi connectivity index (χ1n) is 7.20. The van der Waals surface area contributed by atoms with Crippen molar-refractivity contribution in [1.29, 1.82) is 0 Å². The van der Waals surface area contributed by atoms with E-state index in [9.17, 15) is 19.5 Å². The monoisotopic (exact) mass is 290 g/mol. The molecule has 1 amide bonds. The molecule has 0 radical (unpaired) electrons. The zero-order valence-corrected chi connectivity index (χ0v) is 11.8. The Morgan fingerprint density at radius 2 is 2.00 bits per heavy atom. The summed E-state index contributed by atoms with van der Waals surface area (Å²) in [6.07, 6.45) is 4.28. The van der Waals surface area contributed by atoms with Gasteiger partial charge in [-0.25, -0.2) is 0 Å². The number of hydrogen-bond donors (Lipinski definition) is 3. The topological polar surface area (TPSA) is 99.3 Å². The number of fused-ring (bicyclic) bond motifs is 2. The summed E-state index contributed by atoms with van der Waals surface area (Å²) in [5.41, 5.74) is 0.745. The number of carboxylic acid groups (broad SMARTS) is 1. The number of ketones is 1. The summed E-state index contributed by atoms with van der Waals surface area (Å²) < 4.78 is 0. The van der Waals surface area contributed by atoms with E-state index in [0.29, 0.717) is 11.3 Å². The molecule has 0 spiro atoms. The Balaban J connectivity index is 1.74. The molecular weight excluding hydrogens is 272 g/mol. The van der Waals surface area contributed by atoms with Crippen molar-refractivity contribution < 1.29 is 19.5 Å². The Morgan fingerprint density at radius 3 is 2.62 bits per heavy atom. The average molecular weight is 290 g/mol. The SMILES string of the molecule is CC(=O)c1c[nH]c(C(=O)NC2C3CCC(C3)C2C(=O)O)c1. The van der Waals surface area contributed by atoms with Gasteiger partial charge in [-0.1, -0.05) is 0 Å². The van der Waals surface area contributed by atoms with Crippen LogP contribution < -0.4 is 5.32 Å². The molecule has 1 heterocycles. The highest BCUT2D eigenvalue weighted by Gasteiger charge is 2.51. The summed E-state index contributed by atoms with van der Waals surface area (Å²) >= 11 is 0. The molecule has 0 aliphatic heterocycles. The van der Waals surface area contributed by atoms with Crippen LogP contribution in [0.15, 0.2) is 12.3 Å². The average Bonchev–Trinajstić information content (AvgIpc) is 3.13. The van der Waals surface area contributed by atoms with Gasteiger partial charge in [-0.15, -0.1) is 0 Å². The number of amides is 1. The van der Waals surface area contributed by atoms with Gasteiger partial charge in [0.25, 0.3) is 5.91 Å². The third kappa shape index (κ3) is 2.34. The van der Waals surface area contributed by atoms with E-state index in [1.165, 1.54) is 19.2 Å². The fourth-order valence-corrected chi connectivity index (χ4v) is 3.81. The minimum absolute atomic E-state index is 0.117. The van der Waals surface area contributed by atoms with Crippen molar-refractivity contribution in [3.05, 3.63) is 23.5 Å². The zero-order chi connectivity index (χ0) is 15.1. The first kappa shape index (κ1) is 13.9. The third-order valence-corrected chi connectivity index (χ3v) is 4.83. The maximum Gasteiger partial charge on any atom is 0.308 e. The van der Waals surface area contributed by atoms with E-state index >= 15 is 0 Å². The van der Waals surface area contributed by atoms with Crippen LogP contribution in [0.2, 0.25) is 0 Å². The number of aromatic nitrogens is 1. The summed E-state index contributed by atoms with van der Waals surface area (Å²) in [7, 11) is 0. The number of H-pyrrole nitrogens is 1. The van der Waals surface area contributed by atoms with Gasteiger partial charge in [-0.2, -0.15) is 0 Å². The fraction of sp³-hybridized carbons (Fsp3) is 0.533. The summed E-state index contributed by atoms with van der Waals surface area (Å²) in [6.45, 7) is 1.43. The molecule has 2 saturated carbocycles. The van der Waals surface area contributed by atoms with Gasteiger partial charge in [-0.3, -0.25) is 14.4 Å². The number of carbonyl (C=O) groups is 3. The molecule has 0 saturated heterocycles. The first-order chi connectivity index (χ1) is 9.97. The van der Waals surface area contributed by atoms with E-state index < -0.39 is 11.9 Å². The summed E-state index contributed by atoms with van der Waals surface area (Å²) in [6, 6.07) is 1.19. The quantitative estimate of drug-likeness (QED) is 0.731. The van der Waals surface area contributed by atoms with Crippen molar-refractivity contribution in [1.82, 2.24) is 10.3 Å². The van der Waals surface area contributed by atoms with Crippen molar-refractivity contribution in [2.45, 2.75) is 32.2 Å². The molecule has 112 valence electrons. The Kier molecular flexibility index (Phi) is 3.31. The molecule has 0 aromatic carbocycles. The lowest BCUT2D eigenvalue weighted by molar-refractivity contribution is -0.144. The third-order valence-electron chi connectivity index (χ3n) is 4.83. The number of aromatic amines is 1. The summed E-state index contributed by atoms with van der Waals surface area (Å²) in [5.74, 6) is -1.35. The van der Waals surface area contributed by atoms with Crippen LogP contribution in [-0.4, -0.2) is 33.8 Å². The van der Waals surface area contributed by atoms with E-state index in [-0.39, 0.29) is 29.6 Å². The Hall–Kier alpha value is -2.11. The number of carboxylic acids is 1. The highest BCUT2D eigenvalue weighted by molar-refractivity contribution is 5.99. The van der Waals surface area contributed by atoms with Crippen LogP contribution in [0.1, 0.15) is 47.0 Å². The molecular formula is C15H18N2O4. The Bertz CT molecular complexity index is 607. The number of hydrogen-bond acceptors (Lipinski definition) is 3. The zero-order valence-electron chi connectivity index (χ0n) is 11.8. The smallest absolute Gasteiger partial charge is 0.308 e. The van der Waals surface area contributed by atoms with Crippen LogP contribution in [0.5, 0.6) is 0 Å². The van der Waals surface area contributed by atoms with E-state index in [1.54, 1.807) is 0 Å². The molecule has 6 nitrogen and oxygen atoms in total. The molecule has 2 bridgehead atoms. The molecule has 4 atom stereocenters. The molecule has 2 aliphatic rings. The Labute approximate surface area is 121 Å². The van der Waals surface area contributed by atoms with Gasteiger partial charge in [0.15, 0.2) is 5.78 Å². The second kappa shape index (κ2) is 5.02. The van der Waals surface area contributed by atoms with Crippen molar-refractivity contribution >= 4 is 17.7 Å². The maximum absolute atomic E-state index is 12.2. The Morgan fingerprint density at radius 1 is 1.29 bits per heavy atom. The largest absolute Gasteiger partial charge is 0.481 e. The van der Waals surface area contributed by atoms with Gasteiger partial charge in [0.2, 0.25) is 0 Å². The molecule has 21 heavy (non-hydrogen) atoms. The van der Waals surface area contributed by atoms with Crippen LogP contribution in [0, 0.1) is 17.8 Å². The molecule has 1 aromatic heterocycles. The fourth-order valence-electron chi connectivity index (χ4n) is 3.81. The van der Waals surface area contributed by atoms with E-state index in [1.807, 2.05) is 0 Å². The minimum atomic E-state index is -0.830. The lowest BCUT2D eigenvalue weighted by atomic mass is 9.84. The summed E-state index contributed by atoms with van der Waals surface area (Å²) in [4.78, 5) is 37.7. The lowest BCUT2D eigenvalue weighted by Crippen LogP contribution is -2.46. The van der Waals surface area contributed by atoms with Gasteiger partial charge >= 0.3 is 5.97 Å². The molecule has 6 heteroatoms. The van der Waals surface area contributed by atoms with Gasteiger partial charge in [0.1, 0.15) is 5.69 Å². The van der Waals surface area contributed by atoms with E-state index in [2.05, 4.69) is 10.3 Å². The number of nitrogens with one attached hydrogen (secondary N) is 2. The van der Waals surface area contributed by atoms with Gasteiger partial charge in [-0.05, 0) is 44.1 Å². The second-order valence-corrected chi connectivity index (χ2v) is 6.05. The number of carbonyl (C=O) groups excluding carboxylic acids is 2. The van der Waals surface area contributed by atoms with Gasteiger partial charge in [0.05, 0.1) is 5.92 Å². The normalized spacial score (nSPS) is 30.3. The lowest BCUT2D eigenvalue weighted by Gasteiger charge is -2.28. The highest BCUT2D eigenvalue weighted by atomic mass is 16.4. The van der Waals surface area contributed by atoms with Crippen LogP contribution in [0.25, 0.3) is 0 Å². The van der Waals surface area contributed by atoms with Crippen molar-refractivity contribution in [2.24, 2.45) is 17.8 Å². The molecule has 3 rings (SSSR count). The predicted octanol–water partition coefficient (Wildman–Crippen LogP) is 1.45. The predicted molar refractivity (Wildman–Crippen MR) is 74.0 cm³/mol. The molecule has 1 aromatic rings. The number of Topliss-reactive ketones (excluding diaryl/α,β-unsaturated/α-hetero) is 1. The number of rotatable bonds is 4.